The van der Waals surface area contributed by atoms with Crippen molar-refractivity contribution in [3.63, 3.8) is 0 Å². The predicted molar refractivity (Wildman–Crippen MR) is 71.7 cm³/mol. The Bertz CT molecular complexity index is 338. The number of rotatable bonds is 0. The second-order valence-electron chi connectivity index (χ2n) is 3.10. The van der Waals surface area contributed by atoms with Crippen LogP contribution in [0.1, 0.15) is 0 Å². The molecule has 0 saturated carbocycles. The summed E-state index contributed by atoms with van der Waals surface area (Å²) in [5.74, 6) is 0. The minimum absolute atomic E-state index is 0.721. The Morgan fingerprint density at radius 1 is 0.562 bits per heavy atom. The van der Waals surface area contributed by atoms with Crippen LogP contribution >= 0.6 is 23.2 Å². The number of halogens is 2. The Hall–Kier alpha value is -1.38. The lowest BCUT2D eigenvalue weighted by Crippen LogP contribution is -1.80. The van der Waals surface area contributed by atoms with E-state index in [1.807, 2.05) is 0 Å². The van der Waals surface area contributed by atoms with Crippen LogP contribution in [0.15, 0.2) is 48.5 Å². The Morgan fingerprint density at radius 3 is 1.00 bits per heavy atom. The maximum Gasteiger partial charge on any atom is 0.0407 e. The van der Waals surface area contributed by atoms with Gasteiger partial charge >= 0.3 is 0 Å². The van der Waals surface area contributed by atoms with Crippen LogP contribution in [0.25, 0.3) is 0 Å². The van der Waals surface area contributed by atoms with E-state index in [2.05, 4.69) is 0 Å². The van der Waals surface area contributed by atoms with E-state index < -0.39 is 0 Å². The SMILES string of the molecule is Nc1ccc(Cl)cc1.Nc1ccc(Cl)cc1. The smallest absolute Gasteiger partial charge is 0.0407 e. The van der Waals surface area contributed by atoms with Crippen molar-refractivity contribution in [2.75, 3.05) is 11.5 Å². The molecule has 0 spiro atoms. The van der Waals surface area contributed by atoms with Gasteiger partial charge in [-0.25, -0.2) is 0 Å². The van der Waals surface area contributed by atoms with Gasteiger partial charge in [0.1, 0.15) is 0 Å². The molecule has 0 aliphatic carbocycles. The van der Waals surface area contributed by atoms with Crippen molar-refractivity contribution in [2.45, 2.75) is 0 Å². The number of anilines is 2. The van der Waals surface area contributed by atoms with Crippen LogP contribution in [0, 0.1) is 0 Å². The summed E-state index contributed by atoms with van der Waals surface area (Å²) in [5, 5.41) is 1.44. The molecule has 0 atom stereocenters. The molecule has 0 amide bonds. The Labute approximate surface area is 105 Å². The summed E-state index contributed by atoms with van der Waals surface area (Å²) in [6, 6.07) is 14.1. The lowest BCUT2D eigenvalue weighted by Gasteiger charge is -1.88. The van der Waals surface area contributed by atoms with Gasteiger partial charge in [-0.15, -0.1) is 0 Å². The lowest BCUT2D eigenvalue weighted by atomic mass is 10.3. The van der Waals surface area contributed by atoms with Gasteiger partial charge in [-0.3, -0.25) is 0 Å². The molecule has 0 aliphatic rings. The molecule has 4 heteroatoms. The first-order valence-electron chi connectivity index (χ1n) is 4.60. The van der Waals surface area contributed by atoms with Crippen LogP contribution in [0.4, 0.5) is 11.4 Å². The van der Waals surface area contributed by atoms with Gasteiger partial charge in [0.05, 0.1) is 0 Å². The fourth-order valence-corrected chi connectivity index (χ4v) is 1.18. The molecule has 0 radical (unpaired) electrons. The first kappa shape index (κ1) is 12.7. The zero-order chi connectivity index (χ0) is 12.0. The highest BCUT2D eigenvalue weighted by molar-refractivity contribution is 6.30. The highest BCUT2D eigenvalue weighted by Gasteiger charge is 1.83. The Balaban J connectivity index is 0.000000160. The third-order valence-electron chi connectivity index (χ3n) is 1.74. The highest BCUT2D eigenvalue weighted by Crippen LogP contribution is 2.10. The van der Waals surface area contributed by atoms with E-state index in [1.165, 1.54) is 0 Å². The molecule has 0 saturated heterocycles. The molecule has 0 unspecified atom stereocenters. The van der Waals surface area contributed by atoms with Crippen LogP contribution in [0.5, 0.6) is 0 Å². The van der Waals surface area contributed by atoms with Crippen molar-refractivity contribution in [3.8, 4) is 0 Å². The van der Waals surface area contributed by atoms with Gasteiger partial charge in [-0.2, -0.15) is 0 Å². The molecule has 2 rings (SSSR count). The molecule has 16 heavy (non-hydrogen) atoms. The fourth-order valence-electron chi connectivity index (χ4n) is 0.926. The molecular weight excluding hydrogens is 243 g/mol. The van der Waals surface area contributed by atoms with E-state index in [0.29, 0.717) is 0 Å². The second-order valence-corrected chi connectivity index (χ2v) is 3.98. The van der Waals surface area contributed by atoms with E-state index in [4.69, 9.17) is 34.7 Å². The van der Waals surface area contributed by atoms with Gasteiger partial charge in [0.15, 0.2) is 0 Å². The average Bonchev–Trinajstić information content (AvgIpc) is 2.28. The standard InChI is InChI=1S/2C6H6ClN/c2*7-5-1-3-6(8)4-2-5/h2*1-4H,8H2. The lowest BCUT2D eigenvalue weighted by molar-refractivity contribution is 1.69. The monoisotopic (exact) mass is 254 g/mol. The van der Waals surface area contributed by atoms with Gasteiger partial charge in [-0.1, -0.05) is 23.2 Å². The second kappa shape index (κ2) is 6.26. The summed E-state index contributed by atoms with van der Waals surface area (Å²) in [6.07, 6.45) is 0. The molecule has 0 heterocycles. The summed E-state index contributed by atoms with van der Waals surface area (Å²) in [5.41, 5.74) is 12.2. The number of benzene rings is 2. The molecular formula is C12H12Cl2N2. The number of nitrogen functional groups attached to an aromatic ring is 2. The average molecular weight is 255 g/mol. The van der Waals surface area contributed by atoms with Gasteiger partial charge in [0.25, 0.3) is 0 Å². The third-order valence-corrected chi connectivity index (χ3v) is 2.24. The summed E-state index contributed by atoms with van der Waals surface area (Å²) in [7, 11) is 0. The number of nitrogens with two attached hydrogens (primary N) is 2. The molecule has 0 aromatic heterocycles. The van der Waals surface area contributed by atoms with Crippen LogP contribution in [-0.4, -0.2) is 0 Å². The fraction of sp³-hybridized carbons (Fsp3) is 0. The molecule has 0 fully saturated rings. The largest absolute Gasteiger partial charge is 0.399 e. The van der Waals surface area contributed by atoms with Crippen molar-refractivity contribution >= 4 is 34.6 Å². The van der Waals surface area contributed by atoms with Crippen LogP contribution < -0.4 is 11.5 Å². The number of hydrogen-bond acceptors (Lipinski definition) is 2. The van der Waals surface area contributed by atoms with Crippen molar-refractivity contribution in [2.24, 2.45) is 0 Å². The van der Waals surface area contributed by atoms with Crippen molar-refractivity contribution in [1.29, 1.82) is 0 Å². The number of hydrogen-bond donors (Lipinski definition) is 2. The van der Waals surface area contributed by atoms with Crippen molar-refractivity contribution < 1.29 is 0 Å². The Morgan fingerprint density at radius 2 is 0.812 bits per heavy atom. The van der Waals surface area contributed by atoms with Gasteiger partial charge in [0.2, 0.25) is 0 Å². The van der Waals surface area contributed by atoms with Gasteiger partial charge < -0.3 is 11.5 Å². The molecule has 2 nitrogen and oxygen atoms in total. The first-order chi connectivity index (χ1) is 7.58. The summed E-state index contributed by atoms with van der Waals surface area (Å²) in [6.45, 7) is 0. The topological polar surface area (TPSA) is 52.0 Å². The minimum Gasteiger partial charge on any atom is -0.399 e. The normalized spacial score (nSPS) is 9.12. The molecule has 84 valence electrons. The van der Waals surface area contributed by atoms with Gasteiger partial charge in [-0.05, 0) is 48.5 Å². The van der Waals surface area contributed by atoms with E-state index in [9.17, 15) is 0 Å². The zero-order valence-electron chi connectivity index (χ0n) is 8.53. The van der Waals surface area contributed by atoms with Crippen LogP contribution in [0.2, 0.25) is 10.0 Å². The summed E-state index contributed by atoms with van der Waals surface area (Å²) < 4.78 is 0. The zero-order valence-corrected chi connectivity index (χ0v) is 10.0. The maximum absolute atomic E-state index is 5.56. The molecule has 2 aromatic carbocycles. The predicted octanol–water partition coefficient (Wildman–Crippen LogP) is 3.84. The van der Waals surface area contributed by atoms with E-state index >= 15 is 0 Å². The summed E-state index contributed by atoms with van der Waals surface area (Å²) in [4.78, 5) is 0. The first-order valence-corrected chi connectivity index (χ1v) is 5.35. The molecule has 4 N–H and O–H groups in total. The van der Waals surface area contributed by atoms with Crippen molar-refractivity contribution in [1.82, 2.24) is 0 Å². The Kier molecular flexibility index (Phi) is 4.96. The van der Waals surface area contributed by atoms with E-state index in [0.717, 1.165) is 21.4 Å². The van der Waals surface area contributed by atoms with Crippen molar-refractivity contribution in [3.05, 3.63) is 58.6 Å². The van der Waals surface area contributed by atoms with E-state index in [-0.39, 0.29) is 0 Å². The minimum atomic E-state index is 0.721. The molecule has 0 bridgehead atoms. The third kappa shape index (κ3) is 4.91. The van der Waals surface area contributed by atoms with E-state index in [1.54, 1.807) is 48.5 Å². The van der Waals surface area contributed by atoms with Crippen LogP contribution in [-0.2, 0) is 0 Å². The summed E-state index contributed by atoms with van der Waals surface area (Å²) >= 11 is 11.1. The maximum atomic E-state index is 5.56. The van der Waals surface area contributed by atoms with Crippen LogP contribution in [0.3, 0.4) is 0 Å². The van der Waals surface area contributed by atoms with Gasteiger partial charge in [0, 0.05) is 21.4 Å². The molecule has 2 aromatic rings. The highest BCUT2D eigenvalue weighted by atomic mass is 35.5. The molecule has 0 aliphatic heterocycles. The quantitative estimate of drug-likeness (QED) is 0.702.